The highest BCUT2D eigenvalue weighted by Gasteiger charge is 2.29. The SMILES string of the molecule is O=P(O)(O)c1cnc2cccc(CC(O)P(=O)(O)O)n12. The highest BCUT2D eigenvalue weighted by atomic mass is 31.2. The van der Waals surface area contributed by atoms with Crippen molar-refractivity contribution in [3.63, 3.8) is 0 Å². The number of pyridine rings is 1. The standard InChI is InChI=1S/C9H12N2O7P2/c12-9(20(16,17)18)4-6-2-1-3-7-10-5-8(11(6)7)19(13,14)15/h1-3,5,9,12H,4H2,(H2,13,14,15)(H2,16,17,18). The van der Waals surface area contributed by atoms with Crippen LogP contribution in [0.2, 0.25) is 0 Å². The summed E-state index contributed by atoms with van der Waals surface area (Å²) in [4.78, 5) is 40.0. The molecular formula is C9H12N2O7P2. The first-order valence-corrected chi connectivity index (χ1v) is 8.65. The van der Waals surface area contributed by atoms with Gasteiger partial charge in [0.1, 0.15) is 5.65 Å². The van der Waals surface area contributed by atoms with Crippen LogP contribution < -0.4 is 5.44 Å². The molecule has 5 N–H and O–H groups in total. The first kappa shape index (κ1) is 15.3. The number of hydrogen-bond acceptors (Lipinski definition) is 4. The molecule has 0 radical (unpaired) electrons. The van der Waals surface area contributed by atoms with E-state index in [9.17, 15) is 24.0 Å². The van der Waals surface area contributed by atoms with Crippen molar-refractivity contribution in [3.05, 3.63) is 30.1 Å². The Hall–Kier alpha value is -1.05. The lowest BCUT2D eigenvalue weighted by molar-refractivity contribution is 0.201. The average Bonchev–Trinajstić information content (AvgIpc) is 2.71. The van der Waals surface area contributed by atoms with E-state index in [4.69, 9.17) is 9.79 Å². The minimum absolute atomic E-state index is 0.133. The summed E-state index contributed by atoms with van der Waals surface area (Å²) in [5.41, 5.74) is -0.0612. The molecule has 0 fully saturated rings. The second kappa shape index (κ2) is 5.05. The minimum Gasteiger partial charge on any atom is -0.380 e. The highest BCUT2D eigenvalue weighted by Crippen LogP contribution is 2.41. The van der Waals surface area contributed by atoms with Crippen molar-refractivity contribution in [2.75, 3.05) is 0 Å². The van der Waals surface area contributed by atoms with E-state index in [0.717, 1.165) is 10.6 Å². The first-order valence-electron chi connectivity index (χ1n) is 5.35. The number of imidazole rings is 1. The van der Waals surface area contributed by atoms with E-state index in [2.05, 4.69) is 4.98 Å². The molecule has 0 aromatic carbocycles. The second-order valence-electron chi connectivity index (χ2n) is 4.14. The Morgan fingerprint density at radius 3 is 2.40 bits per heavy atom. The van der Waals surface area contributed by atoms with Crippen LogP contribution in [0.5, 0.6) is 0 Å². The quantitative estimate of drug-likeness (QED) is 0.458. The molecule has 0 saturated heterocycles. The van der Waals surface area contributed by atoms with Crippen molar-refractivity contribution in [3.8, 4) is 0 Å². The van der Waals surface area contributed by atoms with Gasteiger partial charge in [-0.05, 0) is 12.1 Å². The number of aliphatic hydroxyl groups is 1. The lowest BCUT2D eigenvalue weighted by atomic mass is 10.3. The van der Waals surface area contributed by atoms with Crippen LogP contribution >= 0.6 is 15.2 Å². The van der Waals surface area contributed by atoms with E-state index in [1.54, 1.807) is 0 Å². The van der Waals surface area contributed by atoms with Crippen molar-refractivity contribution in [1.82, 2.24) is 9.38 Å². The van der Waals surface area contributed by atoms with Crippen LogP contribution in [0.4, 0.5) is 0 Å². The summed E-state index contributed by atoms with van der Waals surface area (Å²) in [6.07, 6.45) is 0.522. The number of rotatable bonds is 4. The Morgan fingerprint density at radius 1 is 1.20 bits per heavy atom. The molecule has 110 valence electrons. The monoisotopic (exact) mass is 322 g/mol. The van der Waals surface area contributed by atoms with Gasteiger partial charge in [-0.1, -0.05) is 6.07 Å². The predicted molar refractivity (Wildman–Crippen MR) is 68.6 cm³/mol. The van der Waals surface area contributed by atoms with Gasteiger partial charge < -0.3 is 24.7 Å². The molecule has 0 saturated carbocycles. The normalized spacial score (nSPS) is 14.7. The first-order chi connectivity index (χ1) is 9.10. The van der Waals surface area contributed by atoms with Crippen LogP contribution in [-0.4, -0.2) is 39.9 Å². The largest absolute Gasteiger partial charge is 0.380 e. The third-order valence-electron chi connectivity index (χ3n) is 2.67. The highest BCUT2D eigenvalue weighted by molar-refractivity contribution is 7.60. The van der Waals surface area contributed by atoms with Gasteiger partial charge in [-0.2, -0.15) is 0 Å². The fraction of sp³-hybridized carbons (Fsp3) is 0.222. The molecule has 2 aromatic rings. The third-order valence-corrected chi connectivity index (χ3v) is 4.54. The van der Waals surface area contributed by atoms with E-state index in [0.29, 0.717) is 0 Å². The summed E-state index contributed by atoms with van der Waals surface area (Å²) >= 11 is 0. The minimum atomic E-state index is -4.71. The van der Waals surface area contributed by atoms with Crippen LogP contribution in [0.3, 0.4) is 0 Å². The molecule has 2 aromatic heterocycles. The fourth-order valence-electron chi connectivity index (χ4n) is 1.76. The van der Waals surface area contributed by atoms with Gasteiger partial charge in [-0.3, -0.25) is 13.5 Å². The van der Waals surface area contributed by atoms with Gasteiger partial charge in [0, 0.05) is 12.1 Å². The number of aromatic nitrogens is 2. The predicted octanol–water partition coefficient (Wildman–Crippen LogP) is -0.824. The summed E-state index contributed by atoms with van der Waals surface area (Å²) in [5.74, 6) is -1.96. The summed E-state index contributed by atoms with van der Waals surface area (Å²) in [5, 5.41) is 9.44. The molecule has 0 aliphatic carbocycles. The van der Waals surface area contributed by atoms with Crippen molar-refractivity contribution >= 4 is 26.3 Å². The zero-order chi connectivity index (χ0) is 15.1. The Balaban J connectivity index is 2.57. The molecule has 9 nitrogen and oxygen atoms in total. The maximum absolute atomic E-state index is 11.4. The smallest absolute Gasteiger partial charge is 0.374 e. The van der Waals surface area contributed by atoms with Gasteiger partial charge in [-0.25, -0.2) is 4.98 Å². The van der Waals surface area contributed by atoms with Crippen molar-refractivity contribution in [1.29, 1.82) is 0 Å². The molecule has 20 heavy (non-hydrogen) atoms. The molecule has 0 aliphatic rings. The van der Waals surface area contributed by atoms with Crippen molar-refractivity contribution < 1.29 is 33.8 Å². The van der Waals surface area contributed by atoms with Gasteiger partial charge >= 0.3 is 15.2 Å². The van der Waals surface area contributed by atoms with E-state index in [1.165, 1.54) is 18.2 Å². The van der Waals surface area contributed by atoms with Crippen LogP contribution in [0, 0.1) is 0 Å². The van der Waals surface area contributed by atoms with Crippen LogP contribution in [0.15, 0.2) is 24.4 Å². The molecule has 0 bridgehead atoms. The molecule has 1 atom stereocenters. The Morgan fingerprint density at radius 2 is 1.85 bits per heavy atom. The lowest BCUT2D eigenvalue weighted by Gasteiger charge is -2.14. The Labute approximate surface area is 112 Å². The van der Waals surface area contributed by atoms with E-state index in [-0.39, 0.29) is 11.3 Å². The van der Waals surface area contributed by atoms with Crippen LogP contribution in [0.1, 0.15) is 5.69 Å². The zero-order valence-corrected chi connectivity index (χ0v) is 11.7. The molecule has 0 amide bonds. The lowest BCUT2D eigenvalue weighted by Crippen LogP contribution is -2.18. The summed E-state index contributed by atoms with van der Waals surface area (Å²) in [6, 6.07) is 4.38. The molecule has 2 rings (SSSR count). The van der Waals surface area contributed by atoms with E-state index in [1.807, 2.05) is 0 Å². The maximum Gasteiger partial charge on any atom is 0.374 e. The Bertz CT molecular complexity index is 731. The van der Waals surface area contributed by atoms with Crippen molar-refractivity contribution in [2.45, 2.75) is 12.3 Å². The van der Waals surface area contributed by atoms with Gasteiger partial charge in [0.25, 0.3) is 0 Å². The number of fused-ring (bicyclic) bond motifs is 1. The molecule has 1 unspecified atom stereocenters. The summed E-state index contributed by atoms with van der Waals surface area (Å²) in [6.45, 7) is 0. The third kappa shape index (κ3) is 2.99. The summed E-state index contributed by atoms with van der Waals surface area (Å²) in [7, 11) is -9.31. The molecule has 0 aliphatic heterocycles. The van der Waals surface area contributed by atoms with Gasteiger partial charge in [0.05, 0.1) is 6.20 Å². The van der Waals surface area contributed by atoms with E-state index >= 15 is 0 Å². The number of nitrogens with zero attached hydrogens (tertiary/aromatic N) is 2. The van der Waals surface area contributed by atoms with Crippen LogP contribution in [-0.2, 0) is 15.6 Å². The second-order valence-corrected chi connectivity index (χ2v) is 7.47. The number of aliphatic hydroxyl groups excluding tert-OH is 1. The molecule has 0 spiro atoms. The summed E-state index contributed by atoms with van der Waals surface area (Å²) < 4.78 is 23.4. The Kier molecular flexibility index (Phi) is 3.88. The van der Waals surface area contributed by atoms with E-state index < -0.39 is 32.9 Å². The molecule has 11 heteroatoms. The maximum atomic E-state index is 11.4. The van der Waals surface area contributed by atoms with Gasteiger partial charge in [-0.15, -0.1) is 0 Å². The van der Waals surface area contributed by atoms with Gasteiger partial charge in [0.2, 0.25) is 0 Å². The van der Waals surface area contributed by atoms with Crippen molar-refractivity contribution in [2.24, 2.45) is 0 Å². The topological polar surface area (TPSA) is 153 Å². The molecular weight excluding hydrogens is 310 g/mol. The average molecular weight is 322 g/mol. The fourth-order valence-corrected chi connectivity index (χ4v) is 2.88. The number of hydrogen-bond donors (Lipinski definition) is 5. The van der Waals surface area contributed by atoms with Crippen LogP contribution in [0.25, 0.3) is 5.65 Å². The zero-order valence-electron chi connectivity index (χ0n) is 9.94. The molecule has 2 heterocycles. The van der Waals surface area contributed by atoms with Gasteiger partial charge in [0.15, 0.2) is 11.3 Å².